The first-order valence-electron chi connectivity index (χ1n) is 6.46. The van der Waals surface area contributed by atoms with Crippen molar-refractivity contribution in [1.29, 1.82) is 0 Å². The molecule has 0 spiro atoms. The van der Waals surface area contributed by atoms with Gasteiger partial charge in [-0.15, -0.1) is 0 Å². The van der Waals surface area contributed by atoms with Crippen molar-refractivity contribution < 1.29 is 0 Å². The van der Waals surface area contributed by atoms with E-state index in [-0.39, 0.29) is 0 Å². The second kappa shape index (κ2) is 5.97. The third-order valence-corrected chi connectivity index (χ3v) is 2.94. The molecule has 0 saturated carbocycles. The minimum atomic E-state index is 0.646. The summed E-state index contributed by atoms with van der Waals surface area (Å²) in [6.07, 6.45) is 7.20. The van der Waals surface area contributed by atoms with Crippen LogP contribution in [-0.4, -0.2) is 19.7 Å². The predicted molar refractivity (Wildman–Crippen MR) is 77.1 cm³/mol. The Kier molecular flexibility index (Phi) is 3.68. The van der Waals surface area contributed by atoms with Crippen LogP contribution in [0, 0.1) is 0 Å². The fourth-order valence-electron chi connectivity index (χ4n) is 1.92. The number of nitrogens with one attached hydrogen (secondary N) is 1. The lowest BCUT2D eigenvalue weighted by Gasteiger charge is -2.06. The van der Waals surface area contributed by atoms with E-state index in [9.17, 15) is 0 Å². The summed E-state index contributed by atoms with van der Waals surface area (Å²) in [5.74, 6) is 0.646. The van der Waals surface area contributed by atoms with Crippen molar-refractivity contribution in [3.8, 4) is 0 Å². The average molecular weight is 265 g/mol. The number of hydrogen-bond donors (Lipinski definition) is 1. The van der Waals surface area contributed by atoms with Gasteiger partial charge in [-0.3, -0.25) is 4.68 Å². The van der Waals surface area contributed by atoms with Crippen molar-refractivity contribution in [2.75, 3.05) is 5.32 Å². The first-order valence-corrected chi connectivity index (χ1v) is 6.46. The normalized spacial score (nSPS) is 10.4. The van der Waals surface area contributed by atoms with Gasteiger partial charge in [-0.25, -0.2) is 9.97 Å². The number of rotatable bonds is 5. The smallest absolute Gasteiger partial charge is 0.222 e. The van der Waals surface area contributed by atoms with E-state index in [2.05, 4.69) is 44.6 Å². The van der Waals surface area contributed by atoms with Crippen molar-refractivity contribution in [2.24, 2.45) is 0 Å². The molecule has 0 bridgehead atoms. The van der Waals surface area contributed by atoms with Crippen LogP contribution < -0.4 is 5.32 Å². The SMILES string of the molecule is c1cnc(NCc2ccc(Cn3cccn3)cc2)nc1. The number of anilines is 1. The van der Waals surface area contributed by atoms with E-state index in [1.807, 2.05) is 16.9 Å². The minimum Gasteiger partial charge on any atom is -0.350 e. The van der Waals surface area contributed by atoms with E-state index < -0.39 is 0 Å². The van der Waals surface area contributed by atoms with E-state index in [0.717, 1.165) is 6.54 Å². The molecule has 1 N–H and O–H groups in total. The molecule has 0 aliphatic rings. The highest BCUT2D eigenvalue weighted by atomic mass is 15.3. The molecule has 2 aromatic heterocycles. The van der Waals surface area contributed by atoms with Crippen molar-refractivity contribution in [1.82, 2.24) is 19.7 Å². The summed E-state index contributed by atoms with van der Waals surface area (Å²) in [6, 6.07) is 12.2. The fraction of sp³-hybridized carbons (Fsp3) is 0.133. The van der Waals surface area contributed by atoms with Crippen LogP contribution in [0.5, 0.6) is 0 Å². The van der Waals surface area contributed by atoms with Gasteiger partial charge in [-0.2, -0.15) is 5.10 Å². The van der Waals surface area contributed by atoms with Gasteiger partial charge in [0.15, 0.2) is 0 Å². The summed E-state index contributed by atoms with van der Waals surface area (Å²) in [5.41, 5.74) is 2.43. The van der Waals surface area contributed by atoms with E-state index >= 15 is 0 Å². The molecule has 0 saturated heterocycles. The highest BCUT2D eigenvalue weighted by Gasteiger charge is 1.98. The largest absolute Gasteiger partial charge is 0.350 e. The van der Waals surface area contributed by atoms with Crippen LogP contribution >= 0.6 is 0 Å². The second-order valence-electron chi connectivity index (χ2n) is 4.45. The third-order valence-electron chi connectivity index (χ3n) is 2.94. The zero-order valence-corrected chi connectivity index (χ0v) is 11.0. The topological polar surface area (TPSA) is 55.6 Å². The van der Waals surface area contributed by atoms with Gasteiger partial charge in [-0.1, -0.05) is 24.3 Å². The monoisotopic (exact) mass is 265 g/mol. The maximum Gasteiger partial charge on any atom is 0.222 e. The van der Waals surface area contributed by atoms with Crippen molar-refractivity contribution >= 4 is 5.95 Å². The van der Waals surface area contributed by atoms with Gasteiger partial charge >= 0.3 is 0 Å². The first kappa shape index (κ1) is 12.3. The molecule has 0 fully saturated rings. The van der Waals surface area contributed by atoms with Gasteiger partial charge in [0.05, 0.1) is 6.54 Å². The molecular formula is C15H15N5. The van der Waals surface area contributed by atoms with E-state index in [1.54, 1.807) is 24.7 Å². The van der Waals surface area contributed by atoms with Crippen LogP contribution in [0.3, 0.4) is 0 Å². The standard InChI is InChI=1S/C15H15N5/c1-7-16-15(17-8-1)18-11-13-3-5-14(6-4-13)12-20-10-2-9-19-20/h1-10H,11-12H2,(H,16,17,18). The Morgan fingerprint density at radius 2 is 1.65 bits per heavy atom. The van der Waals surface area contributed by atoms with Crippen LogP contribution in [0.25, 0.3) is 0 Å². The van der Waals surface area contributed by atoms with Crippen molar-refractivity contribution in [3.05, 3.63) is 72.3 Å². The molecule has 0 aliphatic carbocycles. The maximum atomic E-state index is 4.20. The Bertz CT molecular complexity index is 632. The van der Waals surface area contributed by atoms with E-state index in [4.69, 9.17) is 0 Å². The lowest BCUT2D eigenvalue weighted by Crippen LogP contribution is -2.03. The molecule has 100 valence electrons. The fourth-order valence-corrected chi connectivity index (χ4v) is 1.92. The summed E-state index contributed by atoms with van der Waals surface area (Å²) in [5, 5.41) is 7.38. The van der Waals surface area contributed by atoms with Crippen LogP contribution in [0.15, 0.2) is 61.2 Å². The molecule has 1 aromatic carbocycles. The minimum absolute atomic E-state index is 0.646. The van der Waals surface area contributed by atoms with Gasteiger partial charge in [0.2, 0.25) is 5.95 Å². The number of nitrogens with zero attached hydrogens (tertiary/aromatic N) is 4. The van der Waals surface area contributed by atoms with Crippen LogP contribution in [0.4, 0.5) is 5.95 Å². The third kappa shape index (κ3) is 3.20. The van der Waals surface area contributed by atoms with E-state index in [0.29, 0.717) is 12.5 Å². The van der Waals surface area contributed by atoms with Crippen LogP contribution in [0.2, 0.25) is 0 Å². The molecule has 5 heteroatoms. The quantitative estimate of drug-likeness (QED) is 0.769. The van der Waals surface area contributed by atoms with Gasteiger partial charge in [-0.05, 0) is 23.3 Å². The summed E-state index contributed by atoms with van der Waals surface area (Å²) in [4.78, 5) is 8.25. The molecule has 3 rings (SSSR count). The van der Waals surface area contributed by atoms with Crippen LogP contribution in [0.1, 0.15) is 11.1 Å². The zero-order chi connectivity index (χ0) is 13.6. The molecule has 0 amide bonds. The molecule has 0 radical (unpaired) electrons. The average Bonchev–Trinajstić information content (AvgIpc) is 3.01. The maximum absolute atomic E-state index is 4.20. The molecule has 3 aromatic rings. The molecular weight excluding hydrogens is 250 g/mol. The Morgan fingerprint density at radius 1 is 0.900 bits per heavy atom. The summed E-state index contributed by atoms with van der Waals surface area (Å²) in [6.45, 7) is 1.51. The summed E-state index contributed by atoms with van der Waals surface area (Å²) >= 11 is 0. The van der Waals surface area contributed by atoms with Crippen molar-refractivity contribution in [3.63, 3.8) is 0 Å². The molecule has 0 atom stereocenters. The lowest BCUT2D eigenvalue weighted by molar-refractivity contribution is 0.686. The van der Waals surface area contributed by atoms with Crippen LogP contribution in [-0.2, 0) is 13.1 Å². The molecule has 0 unspecified atom stereocenters. The highest BCUT2D eigenvalue weighted by molar-refractivity contribution is 5.28. The van der Waals surface area contributed by atoms with Gasteiger partial charge in [0, 0.05) is 31.3 Å². The summed E-state index contributed by atoms with van der Waals surface area (Å²) < 4.78 is 1.91. The molecule has 5 nitrogen and oxygen atoms in total. The molecule has 20 heavy (non-hydrogen) atoms. The first-order chi connectivity index (χ1) is 9.90. The molecule has 0 aliphatic heterocycles. The van der Waals surface area contributed by atoms with E-state index in [1.165, 1.54) is 11.1 Å². The Morgan fingerprint density at radius 3 is 2.35 bits per heavy atom. The number of hydrogen-bond acceptors (Lipinski definition) is 4. The highest BCUT2D eigenvalue weighted by Crippen LogP contribution is 2.07. The predicted octanol–water partition coefficient (Wildman–Crippen LogP) is 2.33. The number of benzene rings is 1. The Labute approximate surface area is 117 Å². The number of aromatic nitrogens is 4. The lowest BCUT2D eigenvalue weighted by atomic mass is 10.1. The van der Waals surface area contributed by atoms with Gasteiger partial charge < -0.3 is 5.32 Å². The van der Waals surface area contributed by atoms with Gasteiger partial charge in [0.25, 0.3) is 0 Å². The Hall–Kier alpha value is -2.69. The zero-order valence-electron chi connectivity index (χ0n) is 11.0. The Balaban J connectivity index is 1.59. The second-order valence-corrected chi connectivity index (χ2v) is 4.45. The molecule has 2 heterocycles. The van der Waals surface area contributed by atoms with Crippen molar-refractivity contribution in [2.45, 2.75) is 13.1 Å². The summed E-state index contributed by atoms with van der Waals surface area (Å²) in [7, 11) is 0. The van der Waals surface area contributed by atoms with Gasteiger partial charge in [0.1, 0.15) is 0 Å².